The third kappa shape index (κ3) is 6.56. The number of carbonyl (C=O) groups excluding carboxylic acids is 1. The summed E-state index contributed by atoms with van der Waals surface area (Å²) < 4.78 is 15.1. The number of methoxy groups -OCH3 is 1. The number of rotatable bonds is 11. The number of hydrazone groups is 1. The van der Waals surface area contributed by atoms with Gasteiger partial charge < -0.3 is 19.1 Å². The van der Waals surface area contributed by atoms with Crippen molar-refractivity contribution in [1.82, 2.24) is 19.8 Å². The molecule has 9 nitrogen and oxygen atoms in total. The van der Waals surface area contributed by atoms with Crippen molar-refractivity contribution >= 4 is 12.1 Å². The minimum Gasteiger partial charge on any atom is -0.493 e. The molecule has 1 saturated carbocycles. The fraction of sp³-hybridized carbons (Fsp3) is 0.300. The molecule has 1 atom stereocenters. The number of carbonyl (C=O) groups is 1. The van der Waals surface area contributed by atoms with E-state index in [1.807, 2.05) is 73.1 Å². The molecular formula is C30H33N5O4. The highest BCUT2D eigenvalue weighted by molar-refractivity contribution is 5.97. The lowest BCUT2D eigenvalue weighted by Gasteiger charge is -2.16. The first-order valence-electron chi connectivity index (χ1n) is 13.2. The quantitative estimate of drug-likeness (QED) is 0.223. The number of aliphatic hydroxyl groups excluding tert-OH is 1. The molecular weight excluding hydrogens is 494 g/mol. The first kappa shape index (κ1) is 26.2. The Morgan fingerprint density at radius 2 is 1.90 bits per heavy atom. The molecule has 1 aliphatic carbocycles. The highest BCUT2D eigenvalue weighted by Gasteiger charge is 2.21. The van der Waals surface area contributed by atoms with Crippen LogP contribution in [0.3, 0.4) is 0 Å². The highest BCUT2D eigenvalue weighted by atomic mass is 16.5. The van der Waals surface area contributed by atoms with Gasteiger partial charge in [-0.3, -0.25) is 4.79 Å². The predicted octanol–water partition coefficient (Wildman–Crippen LogP) is 4.37. The van der Waals surface area contributed by atoms with Crippen molar-refractivity contribution in [2.24, 2.45) is 5.10 Å². The molecule has 0 spiro atoms. The molecule has 9 heteroatoms. The Labute approximate surface area is 227 Å². The van der Waals surface area contributed by atoms with Crippen molar-refractivity contribution in [2.45, 2.75) is 50.9 Å². The van der Waals surface area contributed by atoms with E-state index in [-0.39, 0.29) is 12.6 Å². The van der Waals surface area contributed by atoms with Crippen LogP contribution in [0.2, 0.25) is 0 Å². The lowest BCUT2D eigenvalue weighted by Crippen LogP contribution is -2.23. The van der Waals surface area contributed by atoms with Crippen LogP contribution in [0, 0.1) is 0 Å². The van der Waals surface area contributed by atoms with E-state index in [1.54, 1.807) is 22.6 Å². The van der Waals surface area contributed by atoms with Crippen LogP contribution in [-0.2, 0) is 13.0 Å². The maximum atomic E-state index is 13.1. The van der Waals surface area contributed by atoms with Gasteiger partial charge in [-0.1, -0.05) is 30.3 Å². The first-order chi connectivity index (χ1) is 19.1. The molecule has 0 aliphatic heterocycles. The van der Waals surface area contributed by atoms with E-state index in [0.717, 1.165) is 24.0 Å². The normalized spacial score (nSPS) is 14.5. The summed E-state index contributed by atoms with van der Waals surface area (Å²) in [7, 11) is 1.62. The summed E-state index contributed by atoms with van der Waals surface area (Å²) in [4.78, 5) is 13.1. The van der Waals surface area contributed by atoms with Gasteiger partial charge >= 0.3 is 0 Å². The van der Waals surface area contributed by atoms with E-state index in [4.69, 9.17) is 9.47 Å². The zero-order chi connectivity index (χ0) is 27.0. The van der Waals surface area contributed by atoms with Crippen molar-refractivity contribution in [1.29, 1.82) is 0 Å². The Bertz CT molecular complexity index is 1390. The van der Waals surface area contributed by atoms with Crippen molar-refractivity contribution < 1.29 is 19.4 Å². The molecule has 202 valence electrons. The average Bonchev–Trinajstić information content (AvgIpc) is 3.72. The van der Waals surface area contributed by atoms with Crippen LogP contribution in [0.15, 0.2) is 84.4 Å². The highest BCUT2D eigenvalue weighted by Crippen LogP contribution is 2.32. The maximum absolute atomic E-state index is 13.1. The van der Waals surface area contributed by atoms with Crippen molar-refractivity contribution in [2.75, 3.05) is 7.11 Å². The largest absolute Gasteiger partial charge is 0.493 e. The third-order valence-electron chi connectivity index (χ3n) is 6.77. The second-order valence-corrected chi connectivity index (χ2v) is 9.63. The van der Waals surface area contributed by atoms with Crippen LogP contribution in [0.1, 0.15) is 47.2 Å². The van der Waals surface area contributed by atoms with E-state index < -0.39 is 12.0 Å². The third-order valence-corrected chi connectivity index (χ3v) is 6.77. The minimum atomic E-state index is -0.675. The Morgan fingerprint density at radius 3 is 2.64 bits per heavy atom. The SMILES string of the molecule is COc1ccc(/C=N/NC(=O)c2cnn(CC(O)Cc3ccccc3)c2-n2cccc2)cc1OC1CCCC1. The summed E-state index contributed by atoms with van der Waals surface area (Å²) in [5.41, 5.74) is 4.75. The summed E-state index contributed by atoms with van der Waals surface area (Å²) in [6.45, 7) is 0.231. The van der Waals surface area contributed by atoms with Gasteiger partial charge in [-0.25, -0.2) is 10.1 Å². The minimum absolute atomic E-state index is 0.195. The number of ether oxygens (including phenoxy) is 2. The number of hydrogen-bond acceptors (Lipinski definition) is 6. The van der Waals surface area contributed by atoms with Gasteiger partial charge in [0.05, 0.1) is 38.3 Å². The lowest BCUT2D eigenvalue weighted by atomic mass is 10.1. The maximum Gasteiger partial charge on any atom is 0.276 e. The Morgan fingerprint density at radius 1 is 1.13 bits per heavy atom. The first-order valence-corrected chi connectivity index (χ1v) is 13.2. The van der Waals surface area contributed by atoms with Gasteiger partial charge in [0, 0.05) is 18.8 Å². The van der Waals surface area contributed by atoms with E-state index in [1.165, 1.54) is 19.0 Å². The van der Waals surface area contributed by atoms with Gasteiger partial charge in [0.15, 0.2) is 11.5 Å². The van der Waals surface area contributed by atoms with E-state index in [0.29, 0.717) is 29.3 Å². The number of benzene rings is 2. The smallest absolute Gasteiger partial charge is 0.276 e. The van der Waals surface area contributed by atoms with E-state index >= 15 is 0 Å². The zero-order valence-electron chi connectivity index (χ0n) is 21.9. The van der Waals surface area contributed by atoms with Crippen LogP contribution in [0.25, 0.3) is 5.82 Å². The van der Waals surface area contributed by atoms with Gasteiger partial charge in [0.25, 0.3) is 5.91 Å². The second-order valence-electron chi connectivity index (χ2n) is 9.63. The van der Waals surface area contributed by atoms with Crippen molar-refractivity contribution in [3.63, 3.8) is 0 Å². The summed E-state index contributed by atoms with van der Waals surface area (Å²) in [6.07, 6.45) is 11.2. The summed E-state index contributed by atoms with van der Waals surface area (Å²) in [6, 6.07) is 19.1. The van der Waals surface area contributed by atoms with Gasteiger partial charge in [-0.05, 0) is 67.1 Å². The number of nitrogens with one attached hydrogen (secondary N) is 1. The second kappa shape index (κ2) is 12.4. The molecule has 1 unspecified atom stereocenters. The molecule has 1 aliphatic rings. The fourth-order valence-electron chi connectivity index (χ4n) is 4.85. The van der Waals surface area contributed by atoms with E-state index in [2.05, 4.69) is 15.6 Å². The number of hydrogen-bond donors (Lipinski definition) is 2. The molecule has 2 heterocycles. The standard InChI is InChI=1S/C30H33N5O4/c1-38-27-14-13-23(18-28(27)39-25-11-5-6-12-25)19-31-33-29(37)26-20-32-35(30(26)34-15-7-8-16-34)21-24(36)17-22-9-3-2-4-10-22/h2-4,7-10,13-16,18-20,24-25,36H,5-6,11-12,17,21H2,1H3,(H,33,37)/b31-19+. The van der Waals surface area contributed by atoms with Gasteiger partial charge in [0.2, 0.25) is 0 Å². The molecule has 0 saturated heterocycles. The monoisotopic (exact) mass is 527 g/mol. The Hall–Kier alpha value is -4.37. The summed E-state index contributed by atoms with van der Waals surface area (Å²) >= 11 is 0. The van der Waals surface area contributed by atoms with Crippen LogP contribution in [-0.4, -0.2) is 50.9 Å². The lowest BCUT2D eigenvalue weighted by molar-refractivity contribution is 0.0954. The van der Waals surface area contributed by atoms with Crippen molar-refractivity contribution in [3.8, 4) is 17.3 Å². The molecule has 2 aromatic heterocycles. The molecule has 1 amide bonds. The molecule has 1 fully saturated rings. The topological polar surface area (TPSA) is 103 Å². The molecule has 4 aromatic rings. The molecule has 39 heavy (non-hydrogen) atoms. The van der Waals surface area contributed by atoms with Gasteiger partial charge in [0.1, 0.15) is 11.4 Å². The van der Waals surface area contributed by atoms with Crippen LogP contribution in [0.4, 0.5) is 0 Å². The summed E-state index contributed by atoms with van der Waals surface area (Å²) in [5.74, 6) is 1.48. The van der Waals surface area contributed by atoms with E-state index in [9.17, 15) is 9.90 Å². The van der Waals surface area contributed by atoms with Crippen LogP contribution < -0.4 is 14.9 Å². The number of nitrogens with zero attached hydrogens (tertiary/aromatic N) is 4. The molecule has 2 aromatic carbocycles. The Balaban J connectivity index is 1.29. The fourth-order valence-corrected chi connectivity index (χ4v) is 4.85. The van der Waals surface area contributed by atoms with Gasteiger partial charge in [-0.2, -0.15) is 10.2 Å². The number of aliphatic hydroxyl groups is 1. The summed E-state index contributed by atoms with van der Waals surface area (Å²) in [5, 5.41) is 19.3. The zero-order valence-corrected chi connectivity index (χ0v) is 21.9. The van der Waals surface area contributed by atoms with Crippen molar-refractivity contribution in [3.05, 3.63) is 95.9 Å². The molecule has 0 bridgehead atoms. The van der Waals surface area contributed by atoms with Crippen LogP contribution in [0.5, 0.6) is 11.5 Å². The Kier molecular flexibility index (Phi) is 8.38. The van der Waals surface area contributed by atoms with Gasteiger partial charge in [-0.15, -0.1) is 0 Å². The predicted molar refractivity (Wildman–Crippen MR) is 149 cm³/mol. The number of amides is 1. The molecule has 0 radical (unpaired) electrons. The molecule has 2 N–H and O–H groups in total. The van der Waals surface area contributed by atoms with Crippen LogP contribution >= 0.6 is 0 Å². The molecule has 5 rings (SSSR count). The number of aromatic nitrogens is 3. The average molecular weight is 528 g/mol.